The SMILES string of the molecule is CC[N+](CCO)=C1C(=CC=C2N(C)c3ccccc3C2(C)C)CCC/C1=C\C=C1\N(C)c2ccccc2C1(C)C. The fraction of sp³-hybridized carbons (Fsp3) is 0.417. The summed E-state index contributed by atoms with van der Waals surface area (Å²) in [5.41, 5.74) is 11.9. The molecule has 0 bridgehead atoms. The van der Waals surface area contributed by atoms with Crippen molar-refractivity contribution >= 4 is 17.1 Å². The zero-order valence-electron chi connectivity index (χ0n) is 25.5. The van der Waals surface area contributed by atoms with Crippen LogP contribution in [0.4, 0.5) is 11.4 Å². The van der Waals surface area contributed by atoms with Crippen molar-refractivity contribution in [2.45, 2.75) is 64.7 Å². The highest BCUT2D eigenvalue weighted by atomic mass is 16.3. The summed E-state index contributed by atoms with van der Waals surface area (Å²) in [5.74, 6) is 0. The average molecular weight is 537 g/mol. The number of likely N-dealkylation sites (N-methyl/N-ethyl adjacent to an activating group) is 3. The highest BCUT2D eigenvalue weighted by molar-refractivity contribution is 6.10. The Hall–Kier alpha value is -3.37. The van der Waals surface area contributed by atoms with E-state index >= 15 is 0 Å². The second-order valence-corrected chi connectivity index (χ2v) is 12.4. The van der Waals surface area contributed by atoms with Crippen LogP contribution in [0.3, 0.4) is 0 Å². The highest BCUT2D eigenvalue weighted by Crippen LogP contribution is 2.48. The minimum Gasteiger partial charge on any atom is -0.390 e. The second-order valence-electron chi connectivity index (χ2n) is 12.4. The Balaban J connectivity index is 1.57. The van der Waals surface area contributed by atoms with E-state index < -0.39 is 0 Å². The van der Waals surface area contributed by atoms with Crippen LogP contribution in [0.1, 0.15) is 65.0 Å². The molecule has 0 saturated heterocycles. The molecule has 2 aliphatic heterocycles. The van der Waals surface area contributed by atoms with E-state index in [1.807, 2.05) is 0 Å². The average Bonchev–Trinajstić information content (AvgIpc) is 3.27. The van der Waals surface area contributed by atoms with Crippen LogP contribution in [0.2, 0.25) is 0 Å². The molecule has 0 atom stereocenters. The molecular weight excluding hydrogens is 490 g/mol. The molecule has 210 valence electrons. The molecule has 1 aliphatic carbocycles. The third-order valence-electron chi connectivity index (χ3n) is 9.33. The topological polar surface area (TPSA) is 29.7 Å². The highest BCUT2D eigenvalue weighted by Gasteiger charge is 2.39. The molecular formula is C36H46N3O+. The minimum absolute atomic E-state index is 0.0521. The maximum absolute atomic E-state index is 9.95. The fourth-order valence-corrected chi connectivity index (χ4v) is 7.15. The zero-order valence-corrected chi connectivity index (χ0v) is 25.5. The molecule has 0 amide bonds. The molecule has 4 nitrogen and oxygen atoms in total. The number of rotatable bonds is 5. The maximum atomic E-state index is 9.95. The van der Waals surface area contributed by atoms with Crippen LogP contribution in [-0.4, -0.2) is 49.2 Å². The lowest BCUT2D eigenvalue weighted by Gasteiger charge is -2.25. The first-order valence-corrected chi connectivity index (χ1v) is 14.9. The number of hydrogen-bond donors (Lipinski definition) is 1. The first-order valence-electron chi connectivity index (χ1n) is 14.9. The first kappa shape index (κ1) is 28.2. The van der Waals surface area contributed by atoms with Crippen LogP contribution in [0.15, 0.2) is 95.4 Å². The number of aliphatic hydroxyl groups is 1. The van der Waals surface area contributed by atoms with E-state index in [1.54, 1.807) is 0 Å². The third-order valence-corrected chi connectivity index (χ3v) is 9.33. The van der Waals surface area contributed by atoms with Crippen molar-refractivity contribution in [3.63, 3.8) is 0 Å². The van der Waals surface area contributed by atoms with E-state index in [-0.39, 0.29) is 17.4 Å². The normalized spacial score (nSPS) is 24.8. The summed E-state index contributed by atoms with van der Waals surface area (Å²) in [7, 11) is 4.37. The van der Waals surface area contributed by atoms with E-state index in [4.69, 9.17) is 0 Å². The van der Waals surface area contributed by atoms with Gasteiger partial charge in [0, 0.05) is 58.8 Å². The van der Waals surface area contributed by atoms with E-state index in [0.29, 0.717) is 6.54 Å². The van der Waals surface area contributed by atoms with Crippen LogP contribution < -0.4 is 9.80 Å². The van der Waals surface area contributed by atoms with E-state index in [9.17, 15) is 5.11 Å². The van der Waals surface area contributed by atoms with Crippen molar-refractivity contribution in [2.24, 2.45) is 0 Å². The molecule has 5 rings (SSSR count). The van der Waals surface area contributed by atoms with Gasteiger partial charge in [-0.05, 0) is 61.6 Å². The van der Waals surface area contributed by atoms with Crippen molar-refractivity contribution in [1.29, 1.82) is 0 Å². The second kappa shape index (κ2) is 10.9. The minimum atomic E-state index is -0.0521. The van der Waals surface area contributed by atoms with Crippen molar-refractivity contribution in [1.82, 2.24) is 0 Å². The predicted octanol–water partition coefficient (Wildman–Crippen LogP) is 7.11. The van der Waals surface area contributed by atoms with Gasteiger partial charge in [-0.25, -0.2) is 4.58 Å². The lowest BCUT2D eigenvalue weighted by molar-refractivity contribution is -0.526. The van der Waals surface area contributed by atoms with Gasteiger partial charge < -0.3 is 14.9 Å². The van der Waals surface area contributed by atoms with Gasteiger partial charge >= 0.3 is 0 Å². The van der Waals surface area contributed by atoms with Crippen molar-refractivity contribution in [2.75, 3.05) is 43.6 Å². The Morgan fingerprint density at radius 2 is 1.20 bits per heavy atom. The van der Waals surface area contributed by atoms with Crippen LogP contribution in [0, 0.1) is 0 Å². The summed E-state index contributed by atoms with van der Waals surface area (Å²) in [6.45, 7) is 13.1. The van der Waals surface area contributed by atoms with E-state index in [1.165, 1.54) is 50.8 Å². The van der Waals surface area contributed by atoms with Gasteiger partial charge in [-0.15, -0.1) is 0 Å². The monoisotopic (exact) mass is 536 g/mol. The quantitative estimate of drug-likeness (QED) is 0.413. The van der Waals surface area contributed by atoms with Gasteiger partial charge in [0.1, 0.15) is 13.2 Å². The summed E-state index contributed by atoms with van der Waals surface area (Å²) in [6, 6.07) is 17.5. The molecule has 0 unspecified atom stereocenters. The Kier molecular flexibility index (Phi) is 7.67. The van der Waals surface area contributed by atoms with Gasteiger partial charge in [0.25, 0.3) is 0 Å². The van der Waals surface area contributed by atoms with Gasteiger partial charge in [-0.2, -0.15) is 0 Å². The molecule has 40 heavy (non-hydrogen) atoms. The number of hydrogen-bond acceptors (Lipinski definition) is 3. The summed E-state index contributed by atoms with van der Waals surface area (Å²) in [6.07, 6.45) is 12.6. The van der Waals surface area contributed by atoms with Crippen LogP contribution in [0.25, 0.3) is 0 Å². The molecule has 3 aliphatic rings. The molecule has 2 aromatic rings. The van der Waals surface area contributed by atoms with E-state index in [2.05, 4.69) is 136 Å². The van der Waals surface area contributed by atoms with Gasteiger partial charge in [0.15, 0.2) is 6.54 Å². The Morgan fingerprint density at radius 3 is 1.60 bits per heavy atom. The molecule has 0 spiro atoms. The summed E-state index contributed by atoms with van der Waals surface area (Å²) >= 11 is 0. The lowest BCUT2D eigenvalue weighted by atomic mass is 9.82. The van der Waals surface area contributed by atoms with Gasteiger partial charge in [0.2, 0.25) is 5.71 Å². The number of anilines is 2. The van der Waals surface area contributed by atoms with Crippen molar-refractivity contribution in [3.8, 4) is 0 Å². The summed E-state index contributed by atoms with van der Waals surface area (Å²) < 4.78 is 2.37. The molecule has 0 aromatic heterocycles. The first-order chi connectivity index (χ1) is 19.1. The number of fused-ring (bicyclic) bond motifs is 2. The Labute approximate surface area is 241 Å². The third kappa shape index (κ3) is 4.66. The Morgan fingerprint density at radius 1 is 0.750 bits per heavy atom. The van der Waals surface area contributed by atoms with Crippen LogP contribution in [0.5, 0.6) is 0 Å². The fourth-order valence-electron chi connectivity index (χ4n) is 7.15. The summed E-state index contributed by atoms with van der Waals surface area (Å²) in [5, 5.41) is 9.95. The molecule has 1 N–H and O–H groups in total. The molecule has 2 heterocycles. The lowest BCUT2D eigenvalue weighted by Crippen LogP contribution is -2.30. The van der Waals surface area contributed by atoms with E-state index in [0.717, 1.165) is 25.8 Å². The maximum Gasteiger partial charge on any atom is 0.206 e. The number of benzene rings is 2. The Bertz CT molecular complexity index is 1350. The number of aliphatic hydroxyl groups excluding tert-OH is 1. The zero-order chi connectivity index (χ0) is 28.7. The van der Waals surface area contributed by atoms with Gasteiger partial charge in [0.05, 0.1) is 0 Å². The number of nitrogens with zero attached hydrogens (tertiary/aromatic N) is 3. The standard InChI is InChI=1S/C36H46N3O/c1-8-39(24-25-40)34-26(20-22-32-35(2,3)28-16-9-11-18-30(28)37(32)6)14-13-15-27(34)21-23-33-36(4,5)29-17-10-12-19-31(29)38(33)7/h9-12,16-23,40H,8,13-15,24-25H2,1-7H3/q+1. The molecule has 2 aromatic carbocycles. The van der Waals surface area contributed by atoms with Crippen LogP contribution >= 0.6 is 0 Å². The van der Waals surface area contributed by atoms with Crippen molar-refractivity contribution < 1.29 is 9.68 Å². The van der Waals surface area contributed by atoms with Gasteiger partial charge in [-0.3, -0.25) is 0 Å². The largest absolute Gasteiger partial charge is 0.390 e. The smallest absolute Gasteiger partial charge is 0.206 e. The number of allylic oxidation sites excluding steroid dienone is 8. The predicted molar refractivity (Wildman–Crippen MR) is 170 cm³/mol. The molecule has 0 radical (unpaired) electrons. The van der Waals surface area contributed by atoms with Gasteiger partial charge in [-0.1, -0.05) is 76.2 Å². The number of para-hydroxylation sites is 2. The molecule has 1 saturated carbocycles. The molecule has 1 fully saturated rings. The summed E-state index contributed by atoms with van der Waals surface area (Å²) in [4.78, 5) is 4.69. The van der Waals surface area contributed by atoms with Crippen LogP contribution in [-0.2, 0) is 10.8 Å². The van der Waals surface area contributed by atoms with Crippen molar-refractivity contribution in [3.05, 3.63) is 107 Å². The molecule has 4 heteroatoms.